The van der Waals surface area contributed by atoms with Gasteiger partial charge >= 0.3 is 5.97 Å². The number of alkyl halides is 2. The van der Waals surface area contributed by atoms with Gasteiger partial charge in [0.2, 0.25) is 0 Å². The summed E-state index contributed by atoms with van der Waals surface area (Å²) in [5.74, 6) is -1.45. The van der Waals surface area contributed by atoms with Gasteiger partial charge in [0, 0.05) is 0 Å². The zero-order valence-corrected chi connectivity index (χ0v) is 6.87. The molecule has 76 valence electrons. The molecule has 0 spiro atoms. The fraction of sp³-hybridized carbons (Fsp3) is 0.143. The molecular weight excluding hydrogens is 196 g/mol. The van der Waals surface area contributed by atoms with Crippen LogP contribution in [0.25, 0.3) is 0 Å². The molecule has 0 aliphatic rings. The molecule has 0 aliphatic carbocycles. The van der Waals surface area contributed by atoms with Crippen LogP contribution in [0.2, 0.25) is 0 Å². The minimum Gasteiger partial charge on any atom is -0.478 e. The number of aromatic carboxylic acids is 1. The van der Waals surface area contributed by atoms with Gasteiger partial charge in [0.15, 0.2) is 0 Å². The minimum absolute atomic E-state index is 0.237. The number of nitrogens with zero attached hydrogens (tertiary/aromatic N) is 1. The van der Waals surface area contributed by atoms with Gasteiger partial charge in [0.1, 0.15) is 11.3 Å². The number of pyridine rings is 1. The Labute approximate surface area is 77.3 Å². The summed E-state index contributed by atoms with van der Waals surface area (Å²) in [4.78, 5) is 13.8. The van der Waals surface area contributed by atoms with Gasteiger partial charge < -0.3 is 16.6 Å². The van der Waals surface area contributed by atoms with Crippen LogP contribution in [0.4, 0.5) is 20.2 Å². The van der Waals surface area contributed by atoms with Crippen molar-refractivity contribution in [2.45, 2.75) is 6.43 Å². The van der Waals surface area contributed by atoms with Crippen molar-refractivity contribution in [1.82, 2.24) is 4.98 Å². The van der Waals surface area contributed by atoms with Crippen molar-refractivity contribution in [3.63, 3.8) is 0 Å². The van der Waals surface area contributed by atoms with Crippen molar-refractivity contribution in [2.75, 3.05) is 11.5 Å². The first-order valence-electron chi connectivity index (χ1n) is 3.50. The second-order valence-corrected chi connectivity index (χ2v) is 2.49. The molecular formula is C7H7F2N3O2. The minimum atomic E-state index is -2.92. The molecule has 1 rings (SSSR count). The number of halogens is 2. The van der Waals surface area contributed by atoms with E-state index in [-0.39, 0.29) is 5.69 Å². The Bertz CT molecular complexity index is 381. The van der Waals surface area contributed by atoms with Crippen molar-refractivity contribution in [3.05, 3.63) is 17.5 Å². The largest absolute Gasteiger partial charge is 0.478 e. The number of anilines is 2. The molecule has 0 saturated carbocycles. The first-order valence-corrected chi connectivity index (χ1v) is 3.50. The van der Waals surface area contributed by atoms with Crippen LogP contribution in [0, 0.1) is 0 Å². The summed E-state index contributed by atoms with van der Waals surface area (Å²) in [5, 5.41) is 8.62. The summed E-state index contributed by atoms with van der Waals surface area (Å²) >= 11 is 0. The molecule has 0 saturated heterocycles. The van der Waals surface area contributed by atoms with Gasteiger partial charge in [-0.2, -0.15) is 0 Å². The quantitative estimate of drug-likeness (QED) is 0.662. The van der Waals surface area contributed by atoms with E-state index in [0.717, 1.165) is 6.20 Å². The average Bonchev–Trinajstić information content (AvgIpc) is 2.02. The Morgan fingerprint density at radius 2 is 2.07 bits per heavy atom. The van der Waals surface area contributed by atoms with E-state index in [2.05, 4.69) is 4.98 Å². The van der Waals surface area contributed by atoms with Crippen LogP contribution in [-0.4, -0.2) is 16.1 Å². The summed E-state index contributed by atoms with van der Waals surface area (Å²) in [7, 11) is 0. The van der Waals surface area contributed by atoms with Gasteiger partial charge in [-0.1, -0.05) is 0 Å². The van der Waals surface area contributed by atoms with Crippen molar-refractivity contribution in [3.8, 4) is 0 Å². The van der Waals surface area contributed by atoms with Crippen molar-refractivity contribution in [2.24, 2.45) is 0 Å². The molecule has 1 aromatic rings. The van der Waals surface area contributed by atoms with Crippen molar-refractivity contribution < 1.29 is 18.7 Å². The Morgan fingerprint density at radius 1 is 1.50 bits per heavy atom. The number of nitrogen functional groups attached to an aromatic ring is 2. The zero-order valence-electron chi connectivity index (χ0n) is 6.87. The van der Waals surface area contributed by atoms with Crippen LogP contribution < -0.4 is 11.5 Å². The molecule has 14 heavy (non-hydrogen) atoms. The second kappa shape index (κ2) is 3.44. The third-order valence-corrected chi connectivity index (χ3v) is 1.60. The summed E-state index contributed by atoms with van der Waals surface area (Å²) < 4.78 is 24.5. The lowest BCUT2D eigenvalue weighted by molar-refractivity contribution is 0.0698. The number of carbonyl (C=O) groups is 1. The van der Waals surface area contributed by atoms with Gasteiger partial charge in [-0.15, -0.1) is 0 Å². The monoisotopic (exact) mass is 203 g/mol. The van der Waals surface area contributed by atoms with Crippen LogP contribution in [0.5, 0.6) is 0 Å². The van der Waals surface area contributed by atoms with E-state index in [9.17, 15) is 13.6 Å². The number of rotatable bonds is 2. The highest BCUT2D eigenvalue weighted by molar-refractivity contribution is 5.99. The number of carboxylic acids is 1. The summed E-state index contributed by atoms with van der Waals surface area (Å²) in [6, 6.07) is 0. The summed E-state index contributed by atoms with van der Waals surface area (Å²) in [6.07, 6.45) is -2.07. The van der Waals surface area contributed by atoms with Gasteiger partial charge in [0.05, 0.1) is 17.6 Å². The maximum atomic E-state index is 12.2. The maximum absolute atomic E-state index is 12.2. The van der Waals surface area contributed by atoms with Gasteiger partial charge in [-0.25, -0.2) is 13.6 Å². The molecule has 0 amide bonds. The van der Waals surface area contributed by atoms with Gasteiger partial charge in [-0.3, -0.25) is 4.98 Å². The Kier molecular flexibility index (Phi) is 2.50. The molecule has 1 aromatic heterocycles. The molecule has 5 N–H and O–H groups in total. The molecule has 1 heterocycles. The highest BCUT2D eigenvalue weighted by atomic mass is 19.3. The molecule has 0 radical (unpaired) electrons. The molecule has 0 unspecified atom stereocenters. The third-order valence-electron chi connectivity index (χ3n) is 1.60. The van der Waals surface area contributed by atoms with Crippen LogP contribution in [0.1, 0.15) is 22.5 Å². The third kappa shape index (κ3) is 1.56. The van der Waals surface area contributed by atoms with E-state index < -0.39 is 29.3 Å². The topological polar surface area (TPSA) is 102 Å². The number of carboxylic acid groups (broad SMARTS) is 1. The first kappa shape index (κ1) is 10.2. The lowest BCUT2D eigenvalue weighted by atomic mass is 10.1. The zero-order chi connectivity index (χ0) is 10.9. The van der Waals surface area contributed by atoms with E-state index in [0.29, 0.717) is 0 Å². The number of hydrogen-bond donors (Lipinski definition) is 3. The lowest BCUT2D eigenvalue weighted by Crippen LogP contribution is -2.11. The summed E-state index contributed by atoms with van der Waals surface area (Å²) in [5.41, 5.74) is 8.28. The standard InChI is InChI=1S/C7H7F2N3O2/c8-6(9)5-4(11)3(7(13)14)2(10)1-12-5/h1,6H,10-11H2,(H,13,14). The number of hydrogen-bond acceptors (Lipinski definition) is 4. The maximum Gasteiger partial charge on any atom is 0.340 e. The Hall–Kier alpha value is -1.92. The van der Waals surface area contributed by atoms with Gasteiger partial charge in [0.25, 0.3) is 6.43 Å². The van der Waals surface area contributed by atoms with Crippen LogP contribution >= 0.6 is 0 Å². The van der Waals surface area contributed by atoms with E-state index >= 15 is 0 Å². The van der Waals surface area contributed by atoms with E-state index in [4.69, 9.17) is 16.6 Å². The molecule has 0 atom stereocenters. The Balaban J connectivity index is 3.41. The van der Waals surface area contributed by atoms with Crippen LogP contribution in [0.15, 0.2) is 6.20 Å². The SMILES string of the molecule is Nc1cnc(C(F)F)c(N)c1C(=O)O. The lowest BCUT2D eigenvalue weighted by Gasteiger charge is -2.08. The predicted molar refractivity (Wildman–Crippen MR) is 45.0 cm³/mol. The smallest absolute Gasteiger partial charge is 0.340 e. The molecule has 7 heteroatoms. The first-order chi connectivity index (χ1) is 6.45. The number of aromatic nitrogens is 1. The van der Waals surface area contributed by atoms with E-state index in [1.807, 2.05) is 0 Å². The fourth-order valence-corrected chi connectivity index (χ4v) is 0.969. The second-order valence-electron chi connectivity index (χ2n) is 2.49. The van der Waals surface area contributed by atoms with Crippen molar-refractivity contribution >= 4 is 17.3 Å². The molecule has 0 aliphatic heterocycles. The fourth-order valence-electron chi connectivity index (χ4n) is 0.969. The highest BCUT2D eigenvalue weighted by Crippen LogP contribution is 2.28. The Morgan fingerprint density at radius 3 is 2.50 bits per heavy atom. The molecule has 0 bridgehead atoms. The predicted octanol–water partition coefficient (Wildman–Crippen LogP) is 0.882. The van der Waals surface area contributed by atoms with E-state index in [1.165, 1.54) is 0 Å². The average molecular weight is 203 g/mol. The number of nitrogens with two attached hydrogens (primary N) is 2. The van der Waals surface area contributed by atoms with Gasteiger partial charge in [-0.05, 0) is 0 Å². The highest BCUT2D eigenvalue weighted by Gasteiger charge is 2.21. The van der Waals surface area contributed by atoms with E-state index in [1.54, 1.807) is 0 Å². The summed E-state index contributed by atoms with van der Waals surface area (Å²) in [6.45, 7) is 0. The molecule has 5 nitrogen and oxygen atoms in total. The van der Waals surface area contributed by atoms with Crippen molar-refractivity contribution in [1.29, 1.82) is 0 Å². The van der Waals surface area contributed by atoms with Crippen LogP contribution in [0.3, 0.4) is 0 Å². The van der Waals surface area contributed by atoms with Crippen LogP contribution in [-0.2, 0) is 0 Å². The molecule has 0 aromatic carbocycles. The molecule has 0 fully saturated rings. The normalized spacial score (nSPS) is 10.5.